The fourth-order valence-electron chi connectivity index (χ4n) is 1.97. The standard InChI is InChI=1S/C13H18N2O6S2/c1-3-7-15(22(2,16)17)8-6-14-23(18,19)11-4-5-12-13(9-11)21-10-20-12/h3-5,9,14H,1,6-8,10H2,2H3. The second-order valence-electron chi connectivity index (χ2n) is 4.82. The summed E-state index contributed by atoms with van der Waals surface area (Å²) in [5.41, 5.74) is 0. The Balaban J connectivity index is 2.03. The molecule has 1 N–H and O–H groups in total. The third kappa shape index (κ3) is 4.44. The summed E-state index contributed by atoms with van der Waals surface area (Å²) >= 11 is 0. The molecule has 2 rings (SSSR count). The number of sulfonamides is 2. The van der Waals surface area contributed by atoms with Crippen LogP contribution in [0.1, 0.15) is 0 Å². The van der Waals surface area contributed by atoms with Crippen molar-refractivity contribution in [2.24, 2.45) is 0 Å². The van der Waals surface area contributed by atoms with Gasteiger partial charge in [-0.2, -0.15) is 4.31 Å². The summed E-state index contributed by atoms with van der Waals surface area (Å²) in [6.07, 6.45) is 2.50. The van der Waals surface area contributed by atoms with Gasteiger partial charge in [-0.25, -0.2) is 21.6 Å². The number of nitrogens with one attached hydrogen (secondary N) is 1. The van der Waals surface area contributed by atoms with E-state index in [-0.39, 0.29) is 31.3 Å². The van der Waals surface area contributed by atoms with Crippen molar-refractivity contribution in [1.82, 2.24) is 9.03 Å². The minimum Gasteiger partial charge on any atom is -0.454 e. The van der Waals surface area contributed by atoms with Crippen molar-refractivity contribution in [3.63, 3.8) is 0 Å². The van der Waals surface area contributed by atoms with Gasteiger partial charge >= 0.3 is 0 Å². The molecule has 0 spiro atoms. The molecule has 1 aliphatic rings. The molecule has 0 amide bonds. The van der Waals surface area contributed by atoms with Gasteiger partial charge in [0.15, 0.2) is 11.5 Å². The topological polar surface area (TPSA) is 102 Å². The van der Waals surface area contributed by atoms with Gasteiger partial charge < -0.3 is 9.47 Å². The zero-order valence-electron chi connectivity index (χ0n) is 12.6. The Kier molecular flexibility index (Phi) is 5.30. The van der Waals surface area contributed by atoms with E-state index in [4.69, 9.17) is 9.47 Å². The van der Waals surface area contributed by atoms with Crippen LogP contribution in [0, 0.1) is 0 Å². The molecule has 0 bridgehead atoms. The smallest absolute Gasteiger partial charge is 0.240 e. The Hall–Kier alpha value is -1.62. The number of rotatable bonds is 8. The molecule has 0 unspecified atom stereocenters. The highest BCUT2D eigenvalue weighted by Gasteiger charge is 2.21. The van der Waals surface area contributed by atoms with Crippen molar-refractivity contribution in [2.45, 2.75) is 4.90 Å². The Morgan fingerprint density at radius 3 is 2.61 bits per heavy atom. The number of hydrogen-bond acceptors (Lipinski definition) is 6. The molecule has 1 aliphatic heterocycles. The van der Waals surface area contributed by atoms with E-state index in [2.05, 4.69) is 11.3 Å². The summed E-state index contributed by atoms with van der Waals surface area (Å²) in [6, 6.07) is 4.27. The van der Waals surface area contributed by atoms with E-state index in [9.17, 15) is 16.8 Å². The van der Waals surface area contributed by atoms with Gasteiger partial charge in [0.25, 0.3) is 0 Å². The lowest BCUT2D eigenvalue weighted by Gasteiger charge is -2.18. The van der Waals surface area contributed by atoms with Crippen molar-refractivity contribution in [3.8, 4) is 11.5 Å². The predicted molar refractivity (Wildman–Crippen MR) is 84.4 cm³/mol. The van der Waals surface area contributed by atoms with Crippen LogP contribution in [-0.4, -0.2) is 53.8 Å². The molecule has 8 nitrogen and oxygen atoms in total. The molecule has 23 heavy (non-hydrogen) atoms. The summed E-state index contributed by atoms with van der Waals surface area (Å²) in [4.78, 5) is 0.0244. The molecular formula is C13H18N2O6S2. The Morgan fingerprint density at radius 2 is 1.96 bits per heavy atom. The van der Waals surface area contributed by atoms with Crippen LogP contribution in [0.15, 0.2) is 35.7 Å². The van der Waals surface area contributed by atoms with Crippen LogP contribution >= 0.6 is 0 Å². The maximum absolute atomic E-state index is 12.2. The highest BCUT2D eigenvalue weighted by Crippen LogP contribution is 2.33. The van der Waals surface area contributed by atoms with E-state index in [0.29, 0.717) is 11.5 Å². The molecule has 1 aromatic carbocycles. The predicted octanol–water partition coefficient (Wildman–Crippen LogP) is 0.141. The molecule has 128 valence electrons. The molecule has 0 atom stereocenters. The molecule has 1 heterocycles. The average Bonchev–Trinajstić information content (AvgIpc) is 2.92. The Morgan fingerprint density at radius 1 is 1.26 bits per heavy atom. The minimum absolute atomic E-state index is 0.00857. The first-order valence-electron chi connectivity index (χ1n) is 6.69. The van der Waals surface area contributed by atoms with Gasteiger partial charge in [-0.05, 0) is 12.1 Å². The quantitative estimate of drug-likeness (QED) is 0.660. The van der Waals surface area contributed by atoms with Gasteiger partial charge in [0, 0.05) is 25.7 Å². The van der Waals surface area contributed by atoms with Crippen molar-refractivity contribution in [2.75, 3.05) is 32.7 Å². The van der Waals surface area contributed by atoms with E-state index in [1.165, 1.54) is 24.3 Å². The summed E-state index contributed by atoms with van der Waals surface area (Å²) in [5, 5.41) is 0. The van der Waals surface area contributed by atoms with Gasteiger partial charge in [0.2, 0.25) is 26.8 Å². The van der Waals surface area contributed by atoms with E-state index in [1.807, 2.05) is 0 Å². The van der Waals surface area contributed by atoms with E-state index >= 15 is 0 Å². The normalized spacial score (nSPS) is 14.2. The highest BCUT2D eigenvalue weighted by atomic mass is 32.2. The van der Waals surface area contributed by atoms with Crippen LogP contribution < -0.4 is 14.2 Å². The number of ether oxygens (including phenoxy) is 2. The van der Waals surface area contributed by atoms with Crippen LogP contribution in [0.2, 0.25) is 0 Å². The highest BCUT2D eigenvalue weighted by molar-refractivity contribution is 7.89. The molecule has 1 aromatic rings. The number of nitrogens with zero attached hydrogens (tertiary/aromatic N) is 1. The number of benzene rings is 1. The average molecular weight is 362 g/mol. The SMILES string of the molecule is C=CCN(CCNS(=O)(=O)c1ccc2c(c1)OCO2)S(C)(=O)=O. The van der Waals surface area contributed by atoms with Crippen molar-refractivity contribution in [1.29, 1.82) is 0 Å². The third-order valence-electron chi connectivity index (χ3n) is 3.11. The van der Waals surface area contributed by atoms with Gasteiger partial charge in [0.1, 0.15) is 0 Å². The van der Waals surface area contributed by atoms with Crippen molar-refractivity contribution < 1.29 is 26.3 Å². The lowest BCUT2D eigenvalue weighted by molar-refractivity contribution is 0.174. The minimum atomic E-state index is -3.77. The molecule has 0 saturated heterocycles. The molecule has 0 saturated carbocycles. The monoisotopic (exact) mass is 362 g/mol. The van der Waals surface area contributed by atoms with Crippen LogP contribution in [0.5, 0.6) is 11.5 Å². The van der Waals surface area contributed by atoms with Crippen LogP contribution in [-0.2, 0) is 20.0 Å². The van der Waals surface area contributed by atoms with Crippen LogP contribution in [0.4, 0.5) is 0 Å². The number of hydrogen-bond donors (Lipinski definition) is 1. The second-order valence-corrected chi connectivity index (χ2v) is 8.57. The first-order valence-corrected chi connectivity index (χ1v) is 10.0. The fraction of sp³-hybridized carbons (Fsp3) is 0.385. The first kappa shape index (κ1) is 17.7. The zero-order valence-corrected chi connectivity index (χ0v) is 14.2. The molecule has 0 aromatic heterocycles. The largest absolute Gasteiger partial charge is 0.454 e. The summed E-state index contributed by atoms with van der Waals surface area (Å²) in [5.74, 6) is 0.843. The first-order chi connectivity index (χ1) is 10.7. The van der Waals surface area contributed by atoms with Crippen LogP contribution in [0.25, 0.3) is 0 Å². The molecule has 0 aliphatic carbocycles. The maximum atomic E-state index is 12.2. The Labute approximate surface area is 135 Å². The fourth-order valence-corrected chi connectivity index (χ4v) is 3.80. The van der Waals surface area contributed by atoms with E-state index in [0.717, 1.165) is 10.6 Å². The molecule has 0 fully saturated rings. The second kappa shape index (κ2) is 6.87. The zero-order chi connectivity index (χ0) is 17.1. The molecular weight excluding hydrogens is 344 g/mol. The van der Waals surface area contributed by atoms with Gasteiger partial charge in [0.05, 0.1) is 11.2 Å². The summed E-state index contributed by atoms with van der Waals surface area (Å²) < 4.78 is 61.3. The third-order valence-corrected chi connectivity index (χ3v) is 5.84. The van der Waals surface area contributed by atoms with Gasteiger partial charge in [-0.1, -0.05) is 6.08 Å². The van der Waals surface area contributed by atoms with Crippen LogP contribution in [0.3, 0.4) is 0 Å². The molecule has 10 heteroatoms. The van der Waals surface area contributed by atoms with Crippen molar-refractivity contribution in [3.05, 3.63) is 30.9 Å². The van der Waals surface area contributed by atoms with E-state index < -0.39 is 20.0 Å². The maximum Gasteiger partial charge on any atom is 0.240 e. The molecule has 0 radical (unpaired) electrons. The number of fused-ring (bicyclic) bond motifs is 1. The Bertz CT molecular complexity index is 789. The lowest BCUT2D eigenvalue weighted by atomic mass is 10.3. The van der Waals surface area contributed by atoms with Gasteiger partial charge in [-0.3, -0.25) is 0 Å². The van der Waals surface area contributed by atoms with E-state index in [1.54, 1.807) is 0 Å². The lowest BCUT2D eigenvalue weighted by Crippen LogP contribution is -2.38. The summed E-state index contributed by atoms with van der Waals surface area (Å²) in [6.45, 7) is 3.60. The van der Waals surface area contributed by atoms with Gasteiger partial charge in [-0.15, -0.1) is 6.58 Å². The van der Waals surface area contributed by atoms with Crippen molar-refractivity contribution >= 4 is 20.0 Å². The summed E-state index contributed by atoms with van der Waals surface area (Å²) in [7, 11) is -7.20.